The molecule has 0 saturated heterocycles. The van der Waals surface area contributed by atoms with Gasteiger partial charge in [-0.2, -0.15) is 17.4 Å². The van der Waals surface area contributed by atoms with Crippen molar-refractivity contribution < 1.29 is 18.3 Å². The third-order valence-electron chi connectivity index (χ3n) is 4.29. The van der Waals surface area contributed by atoms with Crippen molar-refractivity contribution in [3.63, 3.8) is 0 Å². The van der Waals surface area contributed by atoms with Gasteiger partial charge in [-0.05, 0) is 36.2 Å². The Balaban J connectivity index is 1.74. The number of carbonyl (C=O) groups is 1. The fourth-order valence-corrected chi connectivity index (χ4v) is 3.43. The first-order chi connectivity index (χ1) is 13.8. The average Bonchev–Trinajstić information content (AvgIpc) is 2.69. The summed E-state index contributed by atoms with van der Waals surface area (Å²) in [5, 5.41) is 14.5. The molecule has 152 valence electrons. The Kier molecular flexibility index (Phi) is 6.06. The number of rotatable bonds is 8. The highest BCUT2D eigenvalue weighted by Crippen LogP contribution is 2.23. The molecule has 0 bridgehead atoms. The van der Waals surface area contributed by atoms with E-state index in [0.717, 1.165) is 20.8 Å². The van der Waals surface area contributed by atoms with Crippen LogP contribution in [0.15, 0.2) is 55.0 Å². The monoisotopic (exact) mass is 415 g/mol. The molecule has 0 amide bonds. The molecule has 1 atom stereocenters. The lowest BCUT2D eigenvalue weighted by atomic mass is 10.1. The Morgan fingerprint density at radius 3 is 2.52 bits per heavy atom. The van der Waals surface area contributed by atoms with E-state index in [1.807, 2.05) is 12.1 Å². The number of anilines is 2. The molecule has 10 heteroatoms. The second kappa shape index (κ2) is 8.52. The van der Waals surface area contributed by atoms with Crippen LogP contribution in [0.2, 0.25) is 0 Å². The summed E-state index contributed by atoms with van der Waals surface area (Å²) in [6, 6.07) is 9.54. The van der Waals surface area contributed by atoms with E-state index < -0.39 is 22.2 Å². The fourth-order valence-electron chi connectivity index (χ4n) is 2.68. The second-order valence-corrected chi connectivity index (χ2v) is 8.49. The maximum absolute atomic E-state index is 11.9. The molecule has 1 aromatic carbocycles. The number of aliphatic carboxylic acids is 1. The van der Waals surface area contributed by atoms with Gasteiger partial charge < -0.3 is 10.4 Å². The number of hydrogen-bond acceptors (Lipinski definition) is 6. The first kappa shape index (κ1) is 20.6. The molecule has 0 aliphatic rings. The van der Waals surface area contributed by atoms with Crippen LogP contribution in [-0.2, 0) is 21.4 Å². The predicted octanol–water partition coefficient (Wildman–Crippen LogP) is 1.77. The number of fused-ring (bicyclic) bond motifs is 1. The van der Waals surface area contributed by atoms with Crippen molar-refractivity contribution in [3.05, 3.63) is 60.6 Å². The molecule has 3 N–H and O–H groups in total. The average molecular weight is 415 g/mol. The molecule has 0 saturated carbocycles. The minimum absolute atomic E-state index is 0.0148. The smallest absolute Gasteiger partial charge is 0.322 e. The van der Waals surface area contributed by atoms with Crippen LogP contribution in [0.1, 0.15) is 5.56 Å². The number of benzene rings is 1. The van der Waals surface area contributed by atoms with Gasteiger partial charge in [0.25, 0.3) is 10.2 Å². The number of hydrogen-bond donors (Lipinski definition) is 3. The lowest BCUT2D eigenvalue weighted by molar-refractivity contribution is -0.138. The lowest BCUT2D eigenvalue weighted by Gasteiger charge is -2.18. The molecular formula is C19H21N5O4S. The van der Waals surface area contributed by atoms with E-state index in [9.17, 15) is 18.3 Å². The number of carboxylic acids is 1. The van der Waals surface area contributed by atoms with Crippen LogP contribution >= 0.6 is 0 Å². The topological polar surface area (TPSA) is 125 Å². The normalized spacial score (nSPS) is 12.8. The van der Waals surface area contributed by atoms with Gasteiger partial charge in [0.1, 0.15) is 11.9 Å². The Morgan fingerprint density at radius 2 is 1.86 bits per heavy atom. The van der Waals surface area contributed by atoms with Gasteiger partial charge >= 0.3 is 5.97 Å². The second-order valence-electron chi connectivity index (χ2n) is 6.58. The van der Waals surface area contributed by atoms with Crippen molar-refractivity contribution in [1.82, 2.24) is 19.0 Å². The summed E-state index contributed by atoms with van der Waals surface area (Å²) in [6.45, 7) is 0. The van der Waals surface area contributed by atoms with Crippen LogP contribution in [0.3, 0.4) is 0 Å². The molecule has 1 unspecified atom stereocenters. The van der Waals surface area contributed by atoms with Crippen molar-refractivity contribution in [2.24, 2.45) is 0 Å². The summed E-state index contributed by atoms with van der Waals surface area (Å²) in [5.41, 5.74) is 1.45. The van der Waals surface area contributed by atoms with E-state index >= 15 is 0 Å². The molecule has 9 nitrogen and oxygen atoms in total. The van der Waals surface area contributed by atoms with E-state index in [4.69, 9.17) is 0 Å². The summed E-state index contributed by atoms with van der Waals surface area (Å²) in [7, 11) is -1.19. The molecule has 29 heavy (non-hydrogen) atoms. The van der Waals surface area contributed by atoms with Crippen LogP contribution in [0.25, 0.3) is 10.8 Å². The minimum Gasteiger partial charge on any atom is -0.480 e. The van der Waals surface area contributed by atoms with Crippen molar-refractivity contribution in [1.29, 1.82) is 0 Å². The fraction of sp³-hybridized carbons (Fsp3) is 0.211. The largest absolute Gasteiger partial charge is 0.480 e. The Morgan fingerprint density at radius 1 is 1.14 bits per heavy atom. The Hall–Kier alpha value is -3.08. The first-order valence-corrected chi connectivity index (χ1v) is 10.2. The number of nitrogens with one attached hydrogen (secondary N) is 2. The maximum Gasteiger partial charge on any atom is 0.322 e. The number of aromatic nitrogens is 2. The highest BCUT2D eigenvalue weighted by molar-refractivity contribution is 7.87. The van der Waals surface area contributed by atoms with Crippen molar-refractivity contribution in [2.75, 3.05) is 19.4 Å². The lowest BCUT2D eigenvalue weighted by Crippen LogP contribution is -2.47. The zero-order valence-electron chi connectivity index (χ0n) is 15.9. The molecular weight excluding hydrogens is 394 g/mol. The summed E-state index contributed by atoms with van der Waals surface area (Å²) in [6.07, 6.45) is 5.15. The number of carboxylic acid groups (broad SMARTS) is 1. The molecule has 0 aliphatic heterocycles. The van der Waals surface area contributed by atoms with Gasteiger partial charge in [0.05, 0.1) is 0 Å². The summed E-state index contributed by atoms with van der Waals surface area (Å²) < 4.78 is 27.0. The highest BCUT2D eigenvalue weighted by atomic mass is 32.2. The minimum atomic E-state index is -3.86. The SMILES string of the molecule is CN(C)S(=O)(=O)NC(Cc1ccc(Nc2nccc3cnccc23)cc1)C(=O)O. The number of nitrogens with zero attached hydrogens (tertiary/aromatic N) is 3. The molecule has 0 fully saturated rings. The summed E-state index contributed by atoms with van der Waals surface area (Å²) in [4.78, 5) is 19.9. The molecule has 0 radical (unpaired) electrons. The quantitative estimate of drug-likeness (QED) is 0.512. The van der Waals surface area contributed by atoms with Gasteiger partial charge in [0.2, 0.25) is 0 Å². The van der Waals surface area contributed by atoms with Gasteiger partial charge in [-0.3, -0.25) is 9.78 Å². The predicted molar refractivity (Wildman–Crippen MR) is 110 cm³/mol. The van der Waals surface area contributed by atoms with E-state index in [1.54, 1.807) is 42.9 Å². The van der Waals surface area contributed by atoms with Gasteiger partial charge in [-0.15, -0.1) is 0 Å². The molecule has 2 aromatic heterocycles. The van der Waals surface area contributed by atoms with Crippen molar-refractivity contribution in [3.8, 4) is 0 Å². The van der Waals surface area contributed by atoms with E-state index in [2.05, 4.69) is 20.0 Å². The Bertz CT molecular complexity index is 1110. The van der Waals surface area contributed by atoms with Gasteiger partial charge in [0, 0.05) is 49.1 Å². The summed E-state index contributed by atoms with van der Waals surface area (Å²) in [5.74, 6) is -0.564. The van der Waals surface area contributed by atoms with Crippen molar-refractivity contribution in [2.45, 2.75) is 12.5 Å². The van der Waals surface area contributed by atoms with Crippen molar-refractivity contribution >= 4 is 38.5 Å². The van der Waals surface area contributed by atoms with Crippen LogP contribution in [0.4, 0.5) is 11.5 Å². The van der Waals surface area contributed by atoms with Crippen LogP contribution in [0.5, 0.6) is 0 Å². The van der Waals surface area contributed by atoms with E-state index in [1.165, 1.54) is 14.1 Å². The number of pyridine rings is 2. The van der Waals surface area contributed by atoms with Crippen LogP contribution in [0, 0.1) is 0 Å². The molecule has 0 aliphatic carbocycles. The van der Waals surface area contributed by atoms with Crippen LogP contribution in [-0.4, -0.2) is 53.9 Å². The molecule has 3 rings (SSSR count). The van der Waals surface area contributed by atoms with Crippen LogP contribution < -0.4 is 10.0 Å². The maximum atomic E-state index is 11.9. The molecule has 3 aromatic rings. The summed E-state index contributed by atoms with van der Waals surface area (Å²) >= 11 is 0. The van der Waals surface area contributed by atoms with Gasteiger partial charge in [-0.1, -0.05) is 12.1 Å². The molecule has 0 spiro atoms. The van der Waals surface area contributed by atoms with E-state index in [0.29, 0.717) is 11.4 Å². The Labute approximate surface area is 168 Å². The zero-order chi connectivity index (χ0) is 21.0. The van der Waals surface area contributed by atoms with Gasteiger partial charge in [0.15, 0.2) is 0 Å². The first-order valence-electron chi connectivity index (χ1n) is 8.73. The standard InChI is InChI=1S/C19H21N5O4S/c1-24(2)29(27,28)23-17(19(25)26)11-13-3-5-15(6-4-13)22-18-16-8-9-20-12-14(16)7-10-21-18/h3-10,12,17,23H,11H2,1-2H3,(H,21,22)(H,25,26). The van der Waals surface area contributed by atoms with E-state index in [-0.39, 0.29) is 6.42 Å². The van der Waals surface area contributed by atoms with Gasteiger partial charge in [-0.25, -0.2) is 4.98 Å². The third kappa shape index (κ3) is 5.05. The zero-order valence-corrected chi connectivity index (χ0v) is 16.7. The molecule has 2 heterocycles. The highest BCUT2D eigenvalue weighted by Gasteiger charge is 2.25. The third-order valence-corrected chi connectivity index (χ3v) is 5.84.